The molecule has 0 fully saturated rings. The van der Waals surface area contributed by atoms with Crippen LogP contribution in [0, 0.1) is 11.7 Å². The average molecular weight is 293 g/mol. The molecule has 1 amide bonds. The largest absolute Gasteiger partial charge is 0.452 e. The van der Waals surface area contributed by atoms with E-state index in [0.717, 1.165) is 0 Å². The summed E-state index contributed by atoms with van der Waals surface area (Å²) in [5.74, 6) is -0.986. The van der Waals surface area contributed by atoms with Gasteiger partial charge in [-0.2, -0.15) is 0 Å². The first-order valence-corrected chi connectivity index (χ1v) is 6.78. The zero-order valence-electron chi connectivity index (χ0n) is 12.4. The molecule has 1 N–H and O–H groups in total. The van der Waals surface area contributed by atoms with E-state index in [1.54, 1.807) is 0 Å². The van der Waals surface area contributed by atoms with Crippen molar-refractivity contribution in [3.63, 3.8) is 0 Å². The minimum absolute atomic E-state index is 0.0194. The molecule has 0 saturated heterocycles. The van der Waals surface area contributed by atoms with E-state index >= 15 is 0 Å². The van der Waals surface area contributed by atoms with Crippen molar-refractivity contribution in [1.29, 1.82) is 0 Å². The van der Waals surface area contributed by atoms with E-state index in [1.807, 2.05) is 20.8 Å². The summed E-state index contributed by atoms with van der Waals surface area (Å²) in [6.45, 7) is 5.55. The van der Waals surface area contributed by atoms with E-state index in [2.05, 4.69) is 5.32 Å². The van der Waals surface area contributed by atoms with Crippen molar-refractivity contribution < 1.29 is 18.7 Å². The lowest BCUT2D eigenvalue weighted by Gasteiger charge is -2.16. The average Bonchev–Trinajstić information content (AvgIpc) is 2.44. The van der Waals surface area contributed by atoms with Crippen LogP contribution in [0.3, 0.4) is 0 Å². The molecule has 0 aliphatic heterocycles. The summed E-state index contributed by atoms with van der Waals surface area (Å²) in [7, 11) is 0. The first kappa shape index (κ1) is 16.9. The molecular weight excluding hydrogens is 273 g/mol. The Balaban J connectivity index is 2.37. The van der Waals surface area contributed by atoms with Crippen LogP contribution in [0.15, 0.2) is 30.3 Å². The molecule has 0 radical (unpaired) electrons. The number of rotatable bonds is 6. The summed E-state index contributed by atoms with van der Waals surface area (Å²) >= 11 is 0. The van der Waals surface area contributed by atoms with Gasteiger partial charge >= 0.3 is 5.97 Å². The molecule has 0 spiro atoms. The lowest BCUT2D eigenvalue weighted by atomic mass is 10.1. The first-order valence-electron chi connectivity index (χ1n) is 6.78. The number of nitrogens with one attached hydrogen (secondary N) is 1. The fraction of sp³-hybridized carbons (Fsp3) is 0.375. The van der Waals surface area contributed by atoms with Gasteiger partial charge in [-0.05, 0) is 36.6 Å². The second kappa shape index (κ2) is 8.19. The lowest BCUT2D eigenvalue weighted by Crippen LogP contribution is -2.38. The third-order valence-corrected chi connectivity index (χ3v) is 3.02. The molecule has 1 rings (SSSR count). The topological polar surface area (TPSA) is 55.4 Å². The highest BCUT2D eigenvalue weighted by molar-refractivity contribution is 5.89. The van der Waals surface area contributed by atoms with Crippen molar-refractivity contribution in [3.8, 4) is 0 Å². The molecule has 0 aliphatic carbocycles. The van der Waals surface area contributed by atoms with Crippen LogP contribution in [0.2, 0.25) is 0 Å². The number of hydrogen-bond acceptors (Lipinski definition) is 3. The third-order valence-electron chi connectivity index (χ3n) is 3.02. The number of halogens is 1. The SMILES string of the molecule is CC(C)[C@@H](C)NC(=O)COC(=O)/C=C/c1ccc(F)cc1. The Morgan fingerprint density at radius 2 is 1.86 bits per heavy atom. The predicted molar refractivity (Wildman–Crippen MR) is 78.8 cm³/mol. The molecule has 114 valence electrons. The van der Waals surface area contributed by atoms with Crippen molar-refractivity contribution in [3.05, 3.63) is 41.7 Å². The Kier molecular flexibility index (Phi) is 6.59. The summed E-state index contributed by atoms with van der Waals surface area (Å²) in [6, 6.07) is 5.69. The van der Waals surface area contributed by atoms with Gasteiger partial charge in [-0.25, -0.2) is 9.18 Å². The molecule has 0 aromatic heterocycles. The van der Waals surface area contributed by atoms with Crippen molar-refractivity contribution in [2.75, 3.05) is 6.61 Å². The fourth-order valence-electron chi connectivity index (χ4n) is 1.39. The van der Waals surface area contributed by atoms with E-state index in [1.165, 1.54) is 36.4 Å². The zero-order valence-corrected chi connectivity index (χ0v) is 12.4. The lowest BCUT2D eigenvalue weighted by molar-refractivity contribution is -0.144. The van der Waals surface area contributed by atoms with E-state index in [-0.39, 0.29) is 24.4 Å². The molecule has 0 saturated carbocycles. The van der Waals surface area contributed by atoms with Crippen LogP contribution in [0.5, 0.6) is 0 Å². The molecule has 5 heteroatoms. The number of carbonyl (C=O) groups excluding carboxylic acids is 2. The molecule has 0 bridgehead atoms. The Hall–Kier alpha value is -2.17. The van der Waals surface area contributed by atoms with Crippen LogP contribution >= 0.6 is 0 Å². The van der Waals surface area contributed by atoms with Crippen molar-refractivity contribution in [2.45, 2.75) is 26.8 Å². The Morgan fingerprint density at radius 3 is 2.43 bits per heavy atom. The standard InChI is InChI=1S/C16H20FNO3/c1-11(2)12(3)18-15(19)10-21-16(20)9-6-13-4-7-14(17)8-5-13/h4-9,11-12H,10H2,1-3H3,(H,18,19)/b9-6+/t12-/m1/s1. The molecule has 1 atom stereocenters. The van der Waals surface area contributed by atoms with E-state index in [9.17, 15) is 14.0 Å². The highest BCUT2D eigenvalue weighted by Gasteiger charge is 2.11. The quantitative estimate of drug-likeness (QED) is 0.648. The summed E-state index contributed by atoms with van der Waals surface area (Å²) in [5, 5.41) is 2.73. The van der Waals surface area contributed by atoms with Gasteiger partial charge in [0.1, 0.15) is 5.82 Å². The highest BCUT2D eigenvalue weighted by Crippen LogP contribution is 2.04. The molecule has 1 aromatic carbocycles. The normalized spacial score (nSPS) is 12.4. The van der Waals surface area contributed by atoms with Gasteiger partial charge < -0.3 is 10.1 Å². The third kappa shape index (κ3) is 6.70. The van der Waals surface area contributed by atoms with Gasteiger partial charge in [0.15, 0.2) is 6.61 Å². The Labute approximate surface area is 124 Å². The van der Waals surface area contributed by atoms with Gasteiger partial charge in [0.05, 0.1) is 0 Å². The van der Waals surface area contributed by atoms with Crippen LogP contribution in [0.4, 0.5) is 4.39 Å². The van der Waals surface area contributed by atoms with Crippen molar-refractivity contribution >= 4 is 18.0 Å². The van der Waals surface area contributed by atoms with Gasteiger partial charge in [0.2, 0.25) is 0 Å². The van der Waals surface area contributed by atoms with Gasteiger partial charge in [-0.15, -0.1) is 0 Å². The first-order chi connectivity index (χ1) is 9.88. The molecular formula is C16H20FNO3. The minimum atomic E-state index is -0.619. The summed E-state index contributed by atoms with van der Waals surface area (Å²) < 4.78 is 17.5. The summed E-state index contributed by atoms with van der Waals surface area (Å²) in [4.78, 5) is 23.0. The maximum absolute atomic E-state index is 12.7. The summed E-state index contributed by atoms with van der Waals surface area (Å²) in [5.41, 5.74) is 0.672. The second-order valence-electron chi connectivity index (χ2n) is 5.09. The predicted octanol–water partition coefficient (Wildman–Crippen LogP) is 2.54. The maximum Gasteiger partial charge on any atom is 0.331 e. The van der Waals surface area contributed by atoms with Gasteiger partial charge in [-0.1, -0.05) is 26.0 Å². The molecule has 0 unspecified atom stereocenters. The molecule has 0 heterocycles. The number of hydrogen-bond donors (Lipinski definition) is 1. The van der Waals surface area contributed by atoms with Crippen LogP contribution < -0.4 is 5.32 Å². The minimum Gasteiger partial charge on any atom is -0.452 e. The summed E-state index contributed by atoms with van der Waals surface area (Å²) in [6.07, 6.45) is 2.70. The molecule has 21 heavy (non-hydrogen) atoms. The van der Waals surface area contributed by atoms with Gasteiger partial charge in [-0.3, -0.25) is 4.79 Å². The fourth-order valence-corrected chi connectivity index (χ4v) is 1.39. The van der Waals surface area contributed by atoms with Gasteiger partial charge in [0, 0.05) is 12.1 Å². The molecule has 0 aliphatic rings. The Morgan fingerprint density at radius 1 is 1.24 bits per heavy atom. The van der Waals surface area contributed by atoms with E-state index < -0.39 is 5.97 Å². The number of carbonyl (C=O) groups is 2. The monoisotopic (exact) mass is 293 g/mol. The van der Waals surface area contributed by atoms with Gasteiger partial charge in [0.25, 0.3) is 5.91 Å². The van der Waals surface area contributed by atoms with Crippen molar-refractivity contribution in [2.24, 2.45) is 5.92 Å². The number of amides is 1. The smallest absolute Gasteiger partial charge is 0.331 e. The second-order valence-corrected chi connectivity index (χ2v) is 5.09. The maximum atomic E-state index is 12.7. The number of ether oxygens (including phenoxy) is 1. The zero-order chi connectivity index (χ0) is 15.8. The molecule has 1 aromatic rings. The van der Waals surface area contributed by atoms with E-state index in [4.69, 9.17) is 4.74 Å². The van der Waals surface area contributed by atoms with Crippen molar-refractivity contribution in [1.82, 2.24) is 5.32 Å². The highest BCUT2D eigenvalue weighted by atomic mass is 19.1. The number of benzene rings is 1. The van der Waals surface area contributed by atoms with E-state index in [0.29, 0.717) is 11.5 Å². The van der Waals surface area contributed by atoms with Crippen LogP contribution in [0.1, 0.15) is 26.3 Å². The van der Waals surface area contributed by atoms with Crippen LogP contribution in [-0.2, 0) is 14.3 Å². The molecule has 4 nitrogen and oxygen atoms in total. The Bertz CT molecular complexity index is 509. The van der Waals surface area contributed by atoms with Crippen LogP contribution in [0.25, 0.3) is 6.08 Å². The van der Waals surface area contributed by atoms with Crippen LogP contribution in [-0.4, -0.2) is 24.5 Å². The number of esters is 1.